The second-order valence-corrected chi connectivity index (χ2v) is 5.34. The van der Waals surface area contributed by atoms with E-state index in [-0.39, 0.29) is 11.3 Å². The van der Waals surface area contributed by atoms with Gasteiger partial charge in [0.1, 0.15) is 0 Å². The van der Waals surface area contributed by atoms with Crippen molar-refractivity contribution >= 4 is 45.6 Å². The van der Waals surface area contributed by atoms with Crippen molar-refractivity contribution in [2.45, 2.75) is 6.42 Å². The molecule has 1 aliphatic carbocycles. The Kier molecular flexibility index (Phi) is 2.60. The van der Waals surface area contributed by atoms with E-state index in [2.05, 4.69) is 4.98 Å². The van der Waals surface area contributed by atoms with Crippen LogP contribution in [0.15, 0.2) is 36.5 Å². The molecule has 0 bridgehead atoms. The third-order valence-electron chi connectivity index (χ3n) is 4.00. The van der Waals surface area contributed by atoms with Gasteiger partial charge in [0.25, 0.3) is 0 Å². The van der Waals surface area contributed by atoms with Gasteiger partial charge in [-0.25, -0.2) is 4.79 Å². The van der Waals surface area contributed by atoms with Gasteiger partial charge in [-0.15, -0.1) is 0 Å². The monoisotopic (exact) mass is 289 g/mol. The fourth-order valence-electron chi connectivity index (χ4n) is 2.98. The van der Waals surface area contributed by atoms with Crippen LogP contribution in [0, 0.1) is 0 Å². The van der Waals surface area contributed by atoms with Gasteiger partial charge in [-0.1, -0.05) is 12.1 Å². The minimum absolute atomic E-state index is 0.0838. The number of rotatable bonds is 1. The third kappa shape index (κ3) is 1.81. The molecular weight excluding hydrogens is 278 g/mol. The molecule has 0 saturated carbocycles. The van der Waals surface area contributed by atoms with E-state index in [1.165, 1.54) is 12.3 Å². The first kappa shape index (κ1) is 12.7. The molecule has 0 amide bonds. The molecule has 0 fully saturated rings. The van der Waals surface area contributed by atoms with E-state index in [1.807, 2.05) is 30.3 Å². The molecular formula is C18H11NO3. The van der Waals surface area contributed by atoms with Crippen molar-refractivity contribution in [2.75, 3.05) is 0 Å². The van der Waals surface area contributed by atoms with Crippen LogP contribution in [0.25, 0.3) is 33.8 Å². The summed E-state index contributed by atoms with van der Waals surface area (Å²) in [6.07, 6.45) is 5.41. The third-order valence-corrected chi connectivity index (χ3v) is 4.00. The Morgan fingerprint density at radius 2 is 2.00 bits per heavy atom. The Morgan fingerprint density at radius 1 is 1.14 bits per heavy atom. The lowest BCUT2D eigenvalue weighted by molar-refractivity contribution is -0.112. The van der Waals surface area contributed by atoms with Gasteiger partial charge in [-0.2, -0.15) is 0 Å². The van der Waals surface area contributed by atoms with Gasteiger partial charge in [0, 0.05) is 18.0 Å². The van der Waals surface area contributed by atoms with Crippen molar-refractivity contribution in [3.05, 3.63) is 52.5 Å². The fraction of sp³-hybridized carbons (Fsp3) is 0.0556. The maximum Gasteiger partial charge on any atom is 0.336 e. The SMILES string of the molecule is O=C1C=c2cc3ccc4nccc(C(=O)O)c4c3cc2=CC1. The van der Waals surface area contributed by atoms with E-state index >= 15 is 0 Å². The maximum absolute atomic E-state index is 11.5. The van der Waals surface area contributed by atoms with E-state index < -0.39 is 5.97 Å². The first-order chi connectivity index (χ1) is 10.6. The van der Waals surface area contributed by atoms with Crippen LogP contribution in [-0.4, -0.2) is 21.8 Å². The molecule has 4 heteroatoms. The van der Waals surface area contributed by atoms with Gasteiger partial charge < -0.3 is 5.11 Å². The number of hydrogen-bond donors (Lipinski definition) is 1. The number of fused-ring (bicyclic) bond motifs is 4. The van der Waals surface area contributed by atoms with Crippen LogP contribution < -0.4 is 10.4 Å². The van der Waals surface area contributed by atoms with Crippen LogP contribution >= 0.6 is 0 Å². The zero-order valence-electron chi connectivity index (χ0n) is 11.5. The zero-order valence-corrected chi connectivity index (χ0v) is 11.5. The number of carbonyl (C=O) groups excluding carboxylic acids is 1. The fourth-order valence-corrected chi connectivity index (χ4v) is 2.98. The molecule has 0 radical (unpaired) electrons. The number of carboxylic acids is 1. The molecule has 4 rings (SSSR count). The Morgan fingerprint density at radius 3 is 2.82 bits per heavy atom. The Hall–Kier alpha value is -3.01. The standard InChI is InChI=1S/C18H11NO3/c20-13-3-1-10-9-15-11(7-12(10)8-13)2-4-16-17(15)14(18(21)22)5-6-19-16/h1-2,4-9H,3H2,(H,21,22). The lowest BCUT2D eigenvalue weighted by Crippen LogP contribution is -2.28. The Labute approximate surface area is 125 Å². The van der Waals surface area contributed by atoms with E-state index in [9.17, 15) is 14.7 Å². The molecule has 1 N–H and O–H groups in total. The van der Waals surface area contributed by atoms with E-state index in [1.54, 1.807) is 6.08 Å². The number of aromatic carboxylic acids is 1. The summed E-state index contributed by atoms with van der Waals surface area (Å²) in [6, 6.07) is 9.11. The highest BCUT2D eigenvalue weighted by Gasteiger charge is 2.13. The van der Waals surface area contributed by atoms with Crippen LogP contribution in [-0.2, 0) is 4.79 Å². The van der Waals surface area contributed by atoms with Crippen molar-refractivity contribution in [3.8, 4) is 0 Å². The quantitative estimate of drug-likeness (QED) is 0.691. The largest absolute Gasteiger partial charge is 0.478 e. The van der Waals surface area contributed by atoms with Gasteiger partial charge in [-0.05, 0) is 51.6 Å². The van der Waals surface area contributed by atoms with Gasteiger partial charge in [0.15, 0.2) is 5.78 Å². The second-order valence-electron chi connectivity index (χ2n) is 5.34. The number of ketones is 1. The summed E-state index contributed by atoms with van der Waals surface area (Å²) in [5.41, 5.74) is 0.898. The average molecular weight is 289 g/mol. The van der Waals surface area contributed by atoms with Crippen LogP contribution in [0.3, 0.4) is 0 Å². The van der Waals surface area contributed by atoms with E-state index in [0.717, 1.165) is 21.2 Å². The first-order valence-electron chi connectivity index (χ1n) is 6.93. The highest BCUT2D eigenvalue weighted by molar-refractivity contribution is 6.16. The maximum atomic E-state index is 11.5. The average Bonchev–Trinajstić information content (AvgIpc) is 2.52. The number of pyridine rings is 1. The predicted octanol–water partition coefficient (Wildman–Crippen LogP) is 1.62. The highest BCUT2D eigenvalue weighted by Crippen LogP contribution is 2.25. The van der Waals surface area contributed by atoms with Gasteiger partial charge in [-0.3, -0.25) is 9.78 Å². The van der Waals surface area contributed by atoms with Crippen molar-refractivity contribution in [1.29, 1.82) is 0 Å². The lowest BCUT2D eigenvalue weighted by Gasteiger charge is -2.08. The number of hydrogen-bond acceptors (Lipinski definition) is 3. The van der Waals surface area contributed by atoms with Crippen LogP contribution in [0.4, 0.5) is 0 Å². The lowest BCUT2D eigenvalue weighted by atomic mass is 9.97. The molecule has 1 aromatic heterocycles. The van der Waals surface area contributed by atoms with Gasteiger partial charge >= 0.3 is 5.97 Å². The number of Topliss-reactive ketones (excluding diaryl/α,β-unsaturated/α-hetero) is 1. The predicted molar refractivity (Wildman–Crippen MR) is 84.0 cm³/mol. The molecule has 3 aromatic rings. The number of nitrogens with zero attached hydrogens (tertiary/aromatic N) is 1. The molecule has 106 valence electrons. The minimum atomic E-state index is -0.969. The van der Waals surface area contributed by atoms with Gasteiger partial charge in [0.2, 0.25) is 0 Å². The van der Waals surface area contributed by atoms with Crippen molar-refractivity contribution in [3.63, 3.8) is 0 Å². The molecule has 0 atom stereocenters. The van der Waals surface area contributed by atoms with Crippen molar-refractivity contribution < 1.29 is 14.7 Å². The molecule has 1 heterocycles. The molecule has 2 aromatic carbocycles. The topological polar surface area (TPSA) is 67.3 Å². The van der Waals surface area contributed by atoms with Crippen molar-refractivity contribution in [2.24, 2.45) is 0 Å². The second kappa shape index (κ2) is 4.49. The summed E-state index contributed by atoms with van der Waals surface area (Å²) >= 11 is 0. The number of aromatic nitrogens is 1. The first-order valence-corrected chi connectivity index (χ1v) is 6.93. The van der Waals surface area contributed by atoms with Crippen LogP contribution in [0.2, 0.25) is 0 Å². The molecule has 1 aliphatic rings. The summed E-state index contributed by atoms with van der Waals surface area (Å²) in [5, 5.41) is 13.7. The number of carboxylic acid groups (broad SMARTS) is 1. The van der Waals surface area contributed by atoms with E-state index in [0.29, 0.717) is 17.3 Å². The highest BCUT2D eigenvalue weighted by atomic mass is 16.4. The van der Waals surface area contributed by atoms with Crippen LogP contribution in [0.5, 0.6) is 0 Å². The van der Waals surface area contributed by atoms with E-state index in [4.69, 9.17) is 0 Å². The van der Waals surface area contributed by atoms with Gasteiger partial charge in [0.05, 0.1) is 11.1 Å². The minimum Gasteiger partial charge on any atom is -0.478 e. The van der Waals surface area contributed by atoms with Crippen molar-refractivity contribution in [1.82, 2.24) is 4.98 Å². The smallest absolute Gasteiger partial charge is 0.336 e. The molecule has 0 unspecified atom stereocenters. The molecule has 4 nitrogen and oxygen atoms in total. The summed E-state index contributed by atoms with van der Waals surface area (Å²) < 4.78 is 0. The zero-order chi connectivity index (χ0) is 15.3. The molecule has 0 saturated heterocycles. The molecule has 0 aliphatic heterocycles. The normalized spacial score (nSPS) is 13.5. The summed E-state index contributed by atoms with van der Waals surface area (Å²) in [5.74, 6) is -0.885. The number of carbonyl (C=O) groups is 2. The molecule has 0 spiro atoms. The summed E-state index contributed by atoms with van der Waals surface area (Å²) in [7, 11) is 0. The number of benzene rings is 2. The Bertz CT molecular complexity index is 1100. The summed E-state index contributed by atoms with van der Waals surface area (Å²) in [4.78, 5) is 27.3. The molecule has 22 heavy (non-hydrogen) atoms. The Balaban J connectivity index is 2.24. The van der Waals surface area contributed by atoms with Crippen LogP contribution in [0.1, 0.15) is 16.8 Å². The summed E-state index contributed by atoms with van der Waals surface area (Å²) in [6.45, 7) is 0.